The number of para-hydroxylation sites is 1. The lowest BCUT2D eigenvalue weighted by Gasteiger charge is -2.30. The lowest BCUT2D eigenvalue weighted by molar-refractivity contribution is 0.0916. The van der Waals surface area contributed by atoms with Crippen LogP contribution in [-0.2, 0) is 12.0 Å². The molecule has 1 aliphatic heterocycles. The third-order valence-electron chi connectivity index (χ3n) is 4.64. The fourth-order valence-corrected chi connectivity index (χ4v) is 3.90. The Morgan fingerprint density at radius 1 is 0.960 bits per heavy atom. The zero-order valence-electron chi connectivity index (χ0n) is 13.3. The fraction of sp³-hybridized carbons (Fsp3) is 0.0952. The van der Waals surface area contributed by atoms with Gasteiger partial charge in [0.05, 0.1) is 0 Å². The minimum atomic E-state index is -0.898. The van der Waals surface area contributed by atoms with Crippen LogP contribution in [0.3, 0.4) is 0 Å². The van der Waals surface area contributed by atoms with E-state index in [-0.39, 0.29) is 11.6 Å². The third-order valence-corrected chi connectivity index (χ3v) is 5.38. The van der Waals surface area contributed by atoms with Gasteiger partial charge in [-0.25, -0.2) is 4.39 Å². The summed E-state index contributed by atoms with van der Waals surface area (Å²) < 4.78 is 14.1. The number of fused-ring (bicyclic) bond motifs is 1. The molecule has 1 N–H and O–H groups in total. The number of carbonyl (C=O) groups excluding carboxylic acids is 1. The number of ketones is 1. The SMILES string of the molecule is O=C1c2ccccc2NC1(Cc1ccc(F)cc1Br)c1ccccc1. The minimum Gasteiger partial charge on any atom is -0.368 e. The van der Waals surface area contributed by atoms with Crippen LogP contribution in [-0.4, -0.2) is 5.78 Å². The van der Waals surface area contributed by atoms with Crippen LogP contribution in [0.15, 0.2) is 77.3 Å². The van der Waals surface area contributed by atoms with E-state index in [2.05, 4.69) is 21.2 Å². The molecule has 0 spiro atoms. The van der Waals surface area contributed by atoms with Crippen molar-refractivity contribution in [3.63, 3.8) is 0 Å². The molecule has 3 aromatic rings. The lowest BCUT2D eigenvalue weighted by atomic mass is 9.80. The maximum absolute atomic E-state index is 13.5. The molecule has 124 valence electrons. The zero-order chi connectivity index (χ0) is 17.4. The number of halogens is 2. The number of carbonyl (C=O) groups is 1. The van der Waals surface area contributed by atoms with E-state index >= 15 is 0 Å². The van der Waals surface area contributed by atoms with Crippen LogP contribution in [0.5, 0.6) is 0 Å². The Bertz CT molecular complexity index is 957. The molecule has 0 saturated carbocycles. The Balaban J connectivity index is 1.86. The summed E-state index contributed by atoms with van der Waals surface area (Å²) in [4.78, 5) is 13.3. The molecule has 0 radical (unpaired) electrons. The van der Waals surface area contributed by atoms with Crippen molar-refractivity contribution in [2.45, 2.75) is 12.0 Å². The summed E-state index contributed by atoms with van der Waals surface area (Å²) in [6, 6.07) is 21.8. The van der Waals surface area contributed by atoms with E-state index in [0.29, 0.717) is 16.5 Å². The molecule has 1 atom stereocenters. The molecule has 1 heterocycles. The average molecular weight is 396 g/mol. The second-order valence-electron chi connectivity index (χ2n) is 6.18. The lowest BCUT2D eigenvalue weighted by Crippen LogP contribution is -2.41. The first kappa shape index (κ1) is 16.0. The van der Waals surface area contributed by atoms with Gasteiger partial charge in [-0.15, -0.1) is 0 Å². The third kappa shape index (κ3) is 2.67. The first-order chi connectivity index (χ1) is 12.1. The molecule has 25 heavy (non-hydrogen) atoms. The monoisotopic (exact) mass is 395 g/mol. The predicted molar refractivity (Wildman–Crippen MR) is 100 cm³/mol. The van der Waals surface area contributed by atoms with Gasteiger partial charge in [0.2, 0.25) is 0 Å². The molecule has 1 aliphatic rings. The van der Waals surface area contributed by atoms with Crippen molar-refractivity contribution >= 4 is 27.4 Å². The van der Waals surface area contributed by atoms with E-state index < -0.39 is 5.54 Å². The Kier molecular flexibility index (Phi) is 3.92. The minimum absolute atomic E-state index is 0.0329. The molecular formula is C21H15BrFNO. The van der Waals surface area contributed by atoms with E-state index in [1.54, 1.807) is 6.07 Å². The molecule has 0 fully saturated rings. The molecule has 0 amide bonds. The Hall–Kier alpha value is -2.46. The fourth-order valence-electron chi connectivity index (χ4n) is 3.41. The summed E-state index contributed by atoms with van der Waals surface area (Å²) in [7, 11) is 0. The highest BCUT2D eigenvalue weighted by atomic mass is 79.9. The smallest absolute Gasteiger partial charge is 0.195 e. The van der Waals surface area contributed by atoms with E-state index in [1.165, 1.54) is 12.1 Å². The normalized spacial score (nSPS) is 18.7. The van der Waals surface area contributed by atoms with E-state index in [9.17, 15) is 9.18 Å². The quantitative estimate of drug-likeness (QED) is 0.648. The zero-order valence-corrected chi connectivity index (χ0v) is 14.9. The Morgan fingerprint density at radius 3 is 2.40 bits per heavy atom. The van der Waals surface area contributed by atoms with Gasteiger partial charge in [0, 0.05) is 22.1 Å². The summed E-state index contributed by atoms with van der Waals surface area (Å²) in [6.07, 6.45) is 0.422. The number of benzene rings is 3. The van der Waals surface area contributed by atoms with Gasteiger partial charge in [-0.1, -0.05) is 64.5 Å². The van der Waals surface area contributed by atoms with Crippen LogP contribution < -0.4 is 5.32 Å². The number of anilines is 1. The highest BCUT2D eigenvalue weighted by Gasteiger charge is 2.46. The molecule has 0 saturated heterocycles. The number of hydrogen-bond acceptors (Lipinski definition) is 2. The predicted octanol–water partition coefficient (Wildman–Crippen LogP) is 5.33. The first-order valence-electron chi connectivity index (χ1n) is 8.02. The van der Waals surface area contributed by atoms with Crippen molar-refractivity contribution in [1.29, 1.82) is 0 Å². The second-order valence-corrected chi connectivity index (χ2v) is 7.04. The molecule has 0 aliphatic carbocycles. The van der Waals surface area contributed by atoms with Crippen LogP contribution in [0, 0.1) is 5.82 Å². The molecule has 2 nitrogen and oxygen atoms in total. The number of hydrogen-bond donors (Lipinski definition) is 1. The van der Waals surface area contributed by atoms with Crippen molar-refractivity contribution < 1.29 is 9.18 Å². The number of rotatable bonds is 3. The molecule has 0 bridgehead atoms. The van der Waals surface area contributed by atoms with Gasteiger partial charge in [-0.05, 0) is 35.4 Å². The van der Waals surface area contributed by atoms with Crippen LogP contribution >= 0.6 is 15.9 Å². The van der Waals surface area contributed by atoms with E-state index in [0.717, 1.165) is 16.8 Å². The number of nitrogens with one attached hydrogen (secondary N) is 1. The van der Waals surface area contributed by atoms with Crippen molar-refractivity contribution in [3.05, 3.63) is 99.8 Å². The standard InChI is InChI=1S/C21H15BrFNO/c22-18-12-16(23)11-10-14(18)13-21(15-6-2-1-3-7-15)20(25)17-8-4-5-9-19(17)24-21/h1-12,24H,13H2. The van der Waals surface area contributed by atoms with Gasteiger partial charge in [-0.2, -0.15) is 0 Å². The van der Waals surface area contributed by atoms with Gasteiger partial charge in [0.15, 0.2) is 5.78 Å². The Morgan fingerprint density at radius 2 is 1.68 bits per heavy atom. The second kappa shape index (κ2) is 6.12. The van der Waals surface area contributed by atoms with Crippen LogP contribution in [0.4, 0.5) is 10.1 Å². The van der Waals surface area contributed by atoms with Crippen LogP contribution in [0.2, 0.25) is 0 Å². The van der Waals surface area contributed by atoms with Gasteiger partial charge in [-0.3, -0.25) is 4.79 Å². The summed E-state index contributed by atoms with van der Waals surface area (Å²) in [5.41, 5.74) is 2.39. The number of Topliss-reactive ketones (excluding diaryl/α,β-unsaturated/α-hetero) is 1. The molecule has 1 unspecified atom stereocenters. The maximum atomic E-state index is 13.5. The van der Waals surface area contributed by atoms with E-state index in [4.69, 9.17) is 0 Å². The molecule has 0 aromatic heterocycles. The van der Waals surface area contributed by atoms with Crippen molar-refractivity contribution in [2.24, 2.45) is 0 Å². The summed E-state index contributed by atoms with van der Waals surface area (Å²) in [6.45, 7) is 0. The summed E-state index contributed by atoms with van der Waals surface area (Å²) >= 11 is 3.43. The average Bonchev–Trinajstić information content (AvgIpc) is 2.92. The highest BCUT2D eigenvalue weighted by Crippen LogP contribution is 2.42. The largest absolute Gasteiger partial charge is 0.368 e. The maximum Gasteiger partial charge on any atom is 0.195 e. The summed E-state index contributed by atoms with van der Waals surface area (Å²) in [5.74, 6) is -0.274. The van der Waals surface area contributed by atoms with Crippen molar-refractivity contribution in [2.75, 3.05) is 5.32 Å². The molecule has 3 aromatic carbocycles. The first-order valence-corrected chi connectivity index (χ1v) is 8.81. The van der Waals surface area contributed by atoms with E-state index in [1.807, 2.05) is 54.6 Å². The molecule has 4 rings (SSSR count). The van der Waals surface area contributed by atoms with Gasteiger partial charge >= 0.3 is 0 Å². The topological polar surface area (TPSA) is 29.1 Å². The Labute approximate surface area is 153 Å². The highest BCUT2D eigenvalue weighted by molar-refractivity contribution is 9.10. The molecular weight excluding hydrogens is 381 g/mol. The van der Waals surface area contributed by atoms with Crippen molar-refractivity contribution in [1.82, 2.24) is 0 Å². The van der Waals surface area contributed by atoms with Gasteiger partial charge in [0.25, 0.3) is 0 Å². The van der Waals surface area contributed by atoms with Crippen molar-refractivity contribution in [3.8, 4) is 0 Å². The summed E-state index contributed by atoms with van der Waals surface area (Å²) in [5, 5.41) is 3.44. The molecule has 4 heteroatoms. The van der Waals surface area contributed by atoms with Crippen LogP contribution in [0.25, 0.3) is 0 Å². The van der Waals surface area contributed by atoms with Gasteiger partial charge < -0.3 is 5.32 Å². The van der Waals surface area contributed by atoms with Gasteiger partial charge in [0.1, 0.15) is 11.4 Å². The van der Waals surface area contributed by atoms with Crippen LogP contribution in [0.1, 0.15) is 21.5 Å².